The van der Waals surface area contributed by atoms with Gasteiger partial charge in [-0.25, -0.2) is 0 Å². The lowest BCUT2D eigenvalue weighted by molar-refractivity contribution is -0.139. The number of hydrogen-bond donors (Lipinski definition) is 1. The number of unbranched alkanes of at least 4 members (excludes halogenated alkanes) is 1. The molecule has 0 aliphatic carbocycles. The molecular formula is C12H17NO2. The number of hydrogen-bond acceptors (Lipinski definition) is 2. The van der Waals surface area contributed by atoms with Gasteiger partial charge in [-0.15, -0.1) is 0 Å². The average Bonchev–Trinajstić information content (AvgIpc) is 2.20. The second kappa shape index (κ2) is 5.49. The fraction of sp³-hybridized carbons (Fsp3) is 0.500. The SMILES string of the molecule is CCCCC(C(=O)O)c1ccncc1C. The molecule has 0 bridgehead atoms. The highest BCUT2D eigenvalue weighted by atomic mass is 16.4. The summed E-state index contributed by atoms with van der Waals surface area (Å²) in [5.41, 5.74) is 1.85. The molecule has 1 unspecified atom stereocenters. The minimum absolute atomic E-state index is 0.382. The van der Waals surface area contributed by atoms with Crippen molar-refractivity contribution < 1.29 is 9.90 Å². The van der Waals surface area contributed by atoms with Gasteiger partial charge >= 0.3 is 5.97 Å². The van der Waals surface area contributed by atoms with Gasteiger partial charge in [-0.1, -0.05) is 19.8 Å². The Bertz CT molecular complexity index is 336. The van der Waals surface area contributed by atoms with Crippen LogP contribution in [-0.4, -0.2) is 16.1 Å². The minimum atomic E-state index is -0.738. The van der Waals surface area contributed by atoms with Crippen LogP contribution in [0, 0.1) is 6.92 Å². The Morgan fingerprint density at radius 3 is 2.87 bits per heavy atom. The van der Waals surface area contributed by atoms with E-state index >= 15 is 0 Å². The summed E-state index contributed by atoms with van der Waals surface area (Å²) in [4.78, 5) is 15.1. The van der Waals surface area contributed by atoms with E-state index in [1.165, 1.54) is 0 Å². The predicted molar refractivity (Wildman–Crippen MR) is 58.9 cm³/mol. The fourth-order valence-corrected chi connectivity index (χ4v) is 1.70. The van der Waals surface area contributed by atoms with Gasteiger partial charge in [0.2, 0.25) is 0 Å². The van der Waals surface area contributed by atoms with Gasteiger partial charge in [0.25, 0.3) is 0 Å². The number of aryl methyl sites for hydroxylation is 1. The van der Waals surface area contributed by atoms with Crippen molar-refractivity contribution in [3.8, 4) is 0 Å². The maximum atomic E-state index is 11.1. The Morgan fingerprint density at radius 2 is 2.33 bits per heavy atom. The topological polar surface area (TPSA) is 50.2 Å². The van der Waals surface area contributed by atoms with Gasteiger partial charge in [-0.2, -0.15) is 0 Å². The molecule has 1 aromatic rings. The van der Waals surface area contributed by atoms with Crippen molar-refractivity contribution in [3.05, 3.63) is 29.6 Å². The zero-order chi connectivity index (χ0) is 11.3. The first kappa shape index (κ1) is 11.7. The van der Waals surface area contributed by atoms with Gasteiger partial charge in [-0.05, 0) is 30.5 Å². The molecule has 0 aliphatic heterocycles. The maximum Gasteiger partial charge on any atom is 0.310 e. The van der Waals surface area contributed by atoms with Crippen LogP contribution in [0.4, 0.5) is 0 Å². The quantitative estimate of drug-likeness (QED) is 0.807. The summed E-state index contributed by atoms with van der Waals surface area (Å²) in [6, 6.07) is 1.81. The van der Waals surface area contributed by atoms with Gasteiger partial charge in [0.15, 0.2) is 0 Å². The molecule has 0 fully saturated rings. The third-order valence-corrected chi connectivity index (χ3v) is 2.58. The first-order valence-electron chi connectivity index (χ1n) is 5.30. The molecule has 0 saturated heterocycles. The van der Waals surface area contributed by atoms with Crippen molar-refractivity contribution in [2.45, 2.75) is 39.0 Å². The first-order valence-corrected chi connectivity index (χ1v) is 5.30. The zero-order valence-electron chi connectivity index (χ0n) is 9.23. The largest absolute Gasteiger partial charge is 0.481 e. The number of carboxylic acids is 1. The molecule has 1 atom stereocenters. The lowest BCUT2D eigenvalue weighted by Gasteiger charge is -2.14. The Labute approximate surface area is 90.2 Å². The van der Waals surface area contributed by atoms with E-state index in [1.54, 1.807) is 12.4 Å². The normalized spacial score (nSPS) is 12.4. The molecule has 3 heteroatoms. The molecule has 1 rings (SSSR count). The van der Waals surface area contributed by atoms with E-state index < -0.39 is 5.97 Å². The third-order valence-electron chi connectivity index (χ3n) is 2.58. The number of rotatable bonds is 5. The molecule has 0 radical (unpaired) electrons. The summed E-state index contributed by atoms with van der Waals surface area (Å²) in [6.45, 7) is 3.97. The number of aromatic nitrogens is 1. The fourth-order valence-electron chi connectivity index (χ4n) is 1.70. The van der Waals surface area contributed by atoms with E-state index in [0.717, 1.165) is 24.0 Å². The van der Waals surface area contributed by atoms with Crippen molar-refractivity contribution in [2.24, 2.45) is 0 Å². The summed E-state index contributed by atoms with van der Waals surface area (Å²) in [5, 5.41) is 9.16. The lowest BCUT2D eigenvalue weighted by atomic mass is 9.92. The molecule has 15 heavy (non-hydrogen) atoms. The number of carbonyl (C=O) groups is 1. The van der Waals surface area contributed by atoms with Crippen molar-refractivity contribution in [1.29, 1.82) is 0 Å². The highest BCUT2D eigenvalue weighted by Crippen LogP contribution is 2.24. The number of pyridine rings is 1. The molecule has 82 valence electrons. The smallest absolute Gasteiger partial charge is 0.310 e. The average molecular weight is 207 g/mol. The standard InChI is InChI=1S/C12H17NO2/c1-3-4-5-11(12(14)15)10-6-7-13-8-9(10)2/h6-8,11H,3-5H2,1-2H3,(H,14,15). The van der Waals surface area contributed by atoms with Crippen molar-refractivity contribution in [2.75, 3.05) is 0 Å². The molecule has 0 spiro atoms. The summed E-state index contributed by atoms with van der Waals surface area (Å²) >= 11 is 0. The van der Waals surface area contributed by atoms with Crippen LogP contribution in [0.3, 0.4) is 0 Å². The summed E-state index contributed by atoms with van der Waals surface area (Å²) in [5.74, 6) is -1.12. The summed E-state index contributed by atoms with van der Waals surface area (Å²) < 4.78 is 0. The van der Waals surface area contributed by atoms with Crippen LogP contribution in [0.25, 0.3) is 0 Å². The highest BCUT2D eigenvalue weighted by molar-refractivity contribution is 5.76. The van der Waals surface area contributed by atoms with E-state index in [0.29, 0.717) is 6.42 Å². The van der Waals surface area contributed by atoms with Crippen LogP contribution < -0.4 is 0 Å². The number of nitrogens with zero attached hydrogens (tertiary/aromatic N) is 1. The van der Waals surface area contributed by atoms with Crippen LogP contribution in [0.2, 0.25) is 0 Å². The maximum absolute atomic E-state index is 11.1. The van der Waals surface area contributed by atoms with Crippen LogP contribution >= 0.6 is 0 Å². The van der Waals surface area contributed by atoms with Gasteiger partial charge in [-0.3, -0.25) is 9.78 Å². The Morgan fingerprint density at radius 1 is 1.60 bits per heavy atom. The molecule has 1 aromatic heterocycles. The number of aliphatic carboxylic acids is 1. The molecule has 0 saturated carbocycles. The van der Waals surface area contributed by atoms with E-state index in [9.17, 15) is 4.79 Å². The Hall–Kier alpha value is -1.38. The highest BCUT2D eigenvalue weighted by Gasteiger charge is 2.20. The molecule has 0 aromatic carbocycles. The monoisotopic (exact) mass is 207 g/mol. The second-order valence-electron chi connectivity index (χ2n) is 3.77. The Kier molecular flexibility index (Phi) is 4.28. The van der Waals surface area contributed by atoms with Gasteiger partial charge < -0.3 is 5.11 Å². The van der Waals surface area contributed by atoms with Crippen LogP contribution in [0.1, 0.15) is 43.2 Å². The third kappa shape index (κ3) is 3.05. The van der Waals surface area contributed by atoms with E-state index in [2.05, 4.69) is 11.9 Å². The summed E-state index contributed by atoms with van der Waals surface area (Å²) in [7, 11) is 0. The van der Waals surface area contributed by atoms with Crippen LogP contribution in [-0.2, 0) is 4.79 Å². The molecule has 1 N–H and O–H groups in total. The number of carboxylic acid groups (broad SMARTS) is 1. The van der Waals surface area contributed by atoms with Crippen molar-refractivity contribution in [1.82, 2.24) is 4.98 Å². The van der Waals surface area contributed by atoms with Crippen molar-refractivity contribution >= 4 is 5.97 Å². The summed E-state index contributed by atoms with van der Waals surface area (Å²) in [6.07, 6.45) is 6.05. The van der Waals surface area contributed by atoms with Gasteiger partial charge in [0, 0.05) is 12.4 Å². The van der Waals surface area contributed by atoms with E-state index in [1.807, 2.05) is 13.0 Å². The van der Waals surface area contributed by atoms with Gasteiger partial charge in [0.05, 0.1) is 5.92 Å². The molecular weight excluding hydrogens is 190 g/mol. The van der Waals surface area contributed by atoms with Gasteiger partial charge in [0.1, 0.15) is 0 Å². The molecule has 1 heterocycles. The Balaban J connectivity index is 2.89. The second-order valence-corrected chi connectivity index (χ2v) is 3.77. The molecule has 0 amide bonds. The minimum Gasteiger partial charge on any atom is -0.481 e. The van der Waals surface area contributed by atoms with E-state index in [-0.39, 0.29) is 5.92 Å². The van der Waals surface area contributed by atoms with Crippen LogP contribution in [0.15, 0.2) is 18.5 Å². The van der Waals surface area contributed by atoms with Crippen LogP contribution in [0.5, 0.6) is 0 Å². The first-order chi connectivity index (χ1) is 7.16. The molecule has 0 aliphatic rings. The van der Waals surface area contributed by atoms with Crippen molar-refractivity contribution in [3.63, 3.8) is 0 Å². The predicted octanol–water partition coefficient (Wildman–Crippen LogP) is 2.75. The lowest BCUT2D eigenvalue weighted by Crippen LogP contribution is -2.13. The zero-order valence-corrected chi connectivity index (χ0v) is 9.23. The van der Waals surface area contributed by atoms with E-state index in [4.69, 9.17) is 5.11 Å². The molecule has 3 nitrogen and oxygen atoms in total.